The molecule has 0 radical (unpaired) electrons. The number of amides is 1. The molecule has 0 unspecified atom stereocenters. The van der Waals surface area contributed by atoms with Gasteiger partial charge in [-0.1, -0.05) is 95.7 Å². The summed E-state index contributed by atoms with van der Waals surface area (Å²) >= 11 is 0. The van der Waals surface area contributed by atoms with E-state index in [1.54, 1.807) is 12.0 Å². The molecule has 1 fully saturated rings. The maximum atomic E-state index is 14.0. The van der Waals surface area contributed by atoms with Gasteiger partial charge in [-0.15, -0.1) is 0 Å². The van der Waals surface area contributed by atoms with Crippen LogP contribution in [0.25, 0.3) is 0 Å². The van der Waals surface area contributed by atoms with Crippen LogP contribution in [0.3, 0.4) is 0 Å². The van der Waals surface area contributed by atoms with Gasteiger partial charge in [-0.2, -0.15) is 0 Å². The Bertz CT molecular complexity index is 1240. The second kappa shape index (κ2) is 11.8. The van der Waals surface area contributed by atoms with Crippen molar-refractivity contribution in [2.75, 3.05) is 7.11 Å². The smallest absolute Gasteiger partial charge is 0.326 e. The van der Waals surface area contributed by atoms with Crippen molar-refractivity contribution in [2.24, 2.45) is 11.3 Å². The summed E-state index contributed by atoms with van der Waals surface area (Å²) < 4.78 is 5.72. The molecule has 1 amide bonds. The zero-order chi connectivity index (χ0) is 29.2. The van der Waals surface area contributed by atoms with Crippen molar-refractivity contribution in [3.63, 3.8) is 0 Å². The number of allylic oxidation sites excluding steroid dienone is 1. The second-order valence-electron chi connectivity index (χ2n) is 13.4. The van der Waals surface area contributed by atoms with Gasteiger partial charge in [0.2, 0.25) is 5.91 Å². The van der Waals surface area contributed by atoms with Gasteiger partial charge in [0.1, 0.15) is 11.8 Å². The van der Waals surface area contributed by atoms with Crippen molar-refractivity contribution in [1.29, 1.82) is 0 Å². The van der Waals surface area contributed by atoms with Gasteiger partial charge in [-0.05, 0) is 47.3 Å². The van der Waals surface area contributed by atoms with Gasteiger partial charge in [0.15, 0.2) is 0 Å². The van der Waals surface area contributed by atoms with Crippen LogP contribution in [-0.4, -0.2) is 41.1 Å². The highest BCUT2D eigenvalue weighted by atomic mass is 16.5. The monoisotopic (exact) mass is 546 g/mol. The van der Waals surface area contributed by atoms with Crippen molar-refractivity contribution >= 4 is 11.9 Å². The average Bonchev–Trinajstić information content (AvgIpc) is 3.53. The summed E-state index contributed by atoms with van der Waals surface area (Å²) in [7, 11) is 1.68. The first-order chi connectivity index (χ1) is 18.8. The van der Waals surface area contributed by atoms with Crippen LogP contribution in [0, 0.1) is 11.3 Å². The number of benzene rings is 2. The maximum absolute atomic E-state index is 14.0. The number of carbonyl (C=O) groups is 2. The number of carboxylic acid groups (broad SMARTS) is 1. The number of hydrogen-bond acceptors (Lipinski definition) is 4. The number of nitrogens with zero attached hydrogens (tertiary/aromatic N) is 1. The van der Waals surface area contributed by atoms with Crippen LogP contribution >= 0.6 is 0 Å². The number of aliphatic carboxylic acids is 1. The fourth-order valence-electron chi connectivity index (χ4n) is 6.56. The third kappa shape index (κ3) is 6.27. The van der Waals surface area contributed by atoms with Crippen LogP contribution in [0.5, 0.6) is 5.75 Å². The lowest BCUT2D eigenvalue weighted by Crippen LogP contribution is -2.48. The van der Waals surface area contributed by atoms with Gasteiger partial charge in [0.05, 0.1) is 13.2 Å². The van der Waals surface area contributed by atoms with E-state index >= 15 is 0 Å². The minimum absolute atomic E-state index is 0.0263. The summed E-state index contributed by atoms with van der Waals surface area (Å²) in [4.78, 5) is 28.7. The number of carbonyl (C=O) groups excluding carboxylic acids is 1. The van der Waals surface area contributed by atoms with Crippen molar-refractivity contribution in [3.05, 3.63) is 76.9 Å². The molecule has 4 atom stereocenters. The van der Waals surface area contributed by atoms with E-state index in [9.17, 15) is 14.7 Å². The zero-order valence-corrected chi connectivity index (χ0v) is 25.2. The SMILES string of the molecule is COc1ccc(C(C)(C)C)cc1CN[C@H]1[C@H](C(C)(C)C)[C@@H](C(=O)O)N(C(=O)CC2=CCCC2)[C@H]1c1ccccc1. The van der Waals surface area contributed by atoms with Gasteiger partial charge in [0, 0.05) is 30.5 Å². The number of carboxylic acids is 1. The maximum Gasteiger partial charge on any atom is 0.326 e. The first kappa shape index (κ1) is 29.9. The molecule has 0 bridgehead atoms. The number of hydrogen-bond donors (Lipinski definition) is 2. The summed E-state index contributed by atoms with van der Waals surface area (Å²) in [6, 6.07) is 14.5. The molecule has 0 saturated carbocycles. The molecule has 1 saturated heterocycles. The van der Waals surface area contributed by atoms with E-state index in [0.717, 1.165) is 41.7 Å². The summed E-state index contributed by atoms with van der Waals surface area (Å²) in [5, 5.41) is 14.4. The molecular formula is C34H46N2O4. The molecule has 1 aliphatic carbocycles. The molecule has 0 spiro atoms. The normalized spacial score (nSPS) is 23.3. The Morgan fingerprint density at radius 3 is 2.30 bits per heavy atom. The van der Waals surface area contributed by atoms with E-state index in [0.29, 0.717) is 6.54 Å². The van der Waals surface area contributed by atoms with E-state index in [4.69, 9.17) is 4.74 Å². The fourth-order valence-corrected chi connectivity index (χ4v) is 6.56. The summed E-state index contributed by atoms with van der Waals surface area (Å²) in [6.07, 6.45) is 5.36. The van der Waals surface area contributed by atoms with E-state index in [1.807, 2.05) is 36.4 Å². The van der Waals surface area contributed by atoms with Crippen LogP contribution in [0.4, 0.5) is 0 Å². The first-order valence-corrected chi connectivity index (χ1v) is 14.5. The Morgan fingerprint density at radius 2 is 1.75 bits per heavy atom. The van der Waals surface area contributed by atoms with E-state index in [-0.39, 0.29) is 35.1 Å². The Labute approximate surface area is 239 Å². The number of ether oxygens (including phenoxy) is 1. The number of nitrogens with one attached hydrogen (secondary N) is 1. The summed E-state index contributed by atoms with van der Waals surface area (Å²) in [5.74, 6) is -0.599. The van der Waals surface area contributed by atoms with Gasteiger partial charge in [-0.25, -0.2) is 4.79 Å². The number of methoxy groups -OCH3 is 1. The average molecular weight is 547 g/mol. The molecule has 6 heteroatoms. The highest BCUT2D eigenvalue weighted by Crippen LogP contribution is 2.49. The number of rotatable bonds is 8. The molecule has 0 aromatic heterocycles. The largest absolute Gasteiger partial charge is 0.496 e. The molecule has 1 aliphatic heterocycles. The zero-order valence-electron chi connectivity index (χ0n) is 25.2. The Balaban J connectivity index is 1.79. The number of likely N-dealkylation sites (tertiary alicyclic amines) is 1. The van der Waals surface area contributed by atoms with Crippen LogP contribution in [-0.2, 0) is 21.5 Å². The molecule has 2 aliphatic rings. The van der Waals surface area contributed by atoms with Gasteiger partial charge in [0.25, 0.3) is 0 Å². The second-order valence-corrected chi connectivity index (χ2v) is 13.4. The van der Waals surface area contributed by atoms with Crippen LogP contribution in [0.1, 0.15) is 90.0 Å². The predicted molar refractivity (Wildman–Crippen MR) is 159 cm³/mol. The van der Waals surface area contributed by atoms with Crippen molar-refractivity contribution < 1.29 is 19.4 Å². The van der Waals surface area contributed by atoms with Crippen molar-refractivity contribution in [3.8, 4) is 5.75 Å². The lowest BCUT2D eigenvalue weighted by molar-refractivity contribution is -0.152. The summed E-state index contributed by atoms with van der Waals surface area (Å²) in [6.45, 7) is 13.3. The first-order valence-electron chi connectivity index (χ1n) is 14.5. The van der Waals surface area contributed by atoms with Crippen LogP contribution in [0.15, 0.2) is 60.2 Å². The van der Waals surface area contributed by atoms with E-state index in [1.165, 1.54) is 5.56 Å². The van der Waals surface area contributed by atoms with Crippen molar-refractivity contribution in [1.82, 2.24) is 10.2 Å². The van der Waals surface area contributed by atoms with Crippen LogP contribution < -0.4 is 10.1 Å². The topological polar surface area (TPSA) is 78.9 Å². The molecule has 1 heterocycles. The molecule has 2 N–H and O–H groups in total. The van der Waals surface area contributed by atoms with Gasteiger partial charge in [-0.3, -0.25) is 4.79 Å². The predicted octanol–water partition coefficient (Wildman–Crippen LogP) is 6.65. The molecule has 2 aromatic carbocycles. The fraction of sp³-hybridized carbons (Fsp3) is 0.529. The minimum atomic E-state index is -0.953. The summed E-state index contributed by atoms with van der Waals surface area (Å²) in [5.41, 5.74) is 3.88. The Kier molecular flexibility index (Phi) is 8.79. The Hall–Kier alpha value is -3.12. The lowest BCUT2D eigenvalue weighted by atomic mass is 9.72. The molecule has 2 aromatic rings. The van der Waals surface area contributed by atoms with E-state index < -0.39 is 18.1 Å². The quantitative estimate of drug-likeness (QED) is 0.363. The highest BCUT2D eigenvalue weighted by molar-refractivity contribution is 5.87. The molecule has 216 valence electrons. The Morgan fingerprint density at radius 1 is 1.05 bits per heavy atom. The molecule has 6 nitrogen and oxygen atoms in total. The standard InChI is InChI=1S/C34H46N2O4/c1-33(2,3)25-17-18-26(40-7)24(20-25)21-35-29-28(34(4,5)6)31(32(38)39)36(27(37)19-22-13-11-12-14-22)30(29)23-15-9-8-10-16-23/h8-10,13,15-18,20,28-31,35H,11-12,14,19,21H2,1-7H3,(H,38,39)/t28-,29-,30-,31-/m0/s1. The molecule has 4 rings (SSSR count). The van der Waals surface area contributed by atoms with E-state index in [2.05, 4.69) is 65.1 Å². The minimum Gasteiger partial charge on any atom is -0.496 e. The lowest BCUT2D eigenvalue weighted by Gasteiger charge is -2.35. The third-order valence-corrected chi connectivity index (χ3v) is 8.54. The van der Waals surface area contributed by atoms with Gasteiger partial charge < -0.3 is 20.1 Å². The van der Waals surface area contributed by atoms with Crippen molar-refractivity contribution in [2.45, 2.75) is 97.3 Å². The third-order valence-electron chi connectivity index (χ3n) is 8.54. The molecule has 40 heavy (non-hydrogen) atoms. The van der Waals surface area contributed by atoms with Gasteiger partial charge >= 0.3 is 5.97 Å². The van der Waals surface area contributed by atoms with Crippen LogP contribution in [0.2, 0.25) is 0 Å². The molecular weight excluding hydrogens is 500 g/mol. The highest BCUT2D eigenvalue weighted by Gasteiger charge is 2.57.